The molecule has 0 spiro atoms. The Kier molecular flexibility index (Phi) is 5.16. The molecule has 1 amide bonds. The van der Waals surface area contributed by atoms with Crippen molar-refractivity contribution in [3.63, 3.8) is 0 Å². The number of hydrogen-bond donors (Lipinski definition) is 2. The quantitative estimate of drug-likeness (QED) is 0.853. The van der Waals surface area contributed by atoms with E-state index in [0.29, 0.717) is 12.2 Å². The average molecular weight is 312 g/mol. The third-order valence-corrected chi connectivity index (χ3v) is 3.71. The molecule has 1 aliphatic heterocycles. The van der Waals surface area contributed by atoms with Gasteiger partial charge in [0, 0.05) is 19.3 Å². The van der Waals surface area contributed by atoms with Crippen LogP contribution in [0.2, 0.25) is 0 Å². The summed E-state index contributed by atoms with van der Waals surface area (Å²) in [6.07, 6.45) is 5.86. The van der Waals surface area contributed by atoms with Crippen LogP contribution in [0.5, 0.6) is 0 Å². The zero-order valence-corrected chi connectivity index (χ0v) is 12.9. The summed E-state index contributed by atoms with van der Waals surface area (Å²) in [4.78, 5) is 20.4. The number of anilines is 1. The fourth-order valence-corrected chi connectivity index (χ4v) is 2.43. The summed E-state index contributed by atoms with van der Waals surface area (Å²) < 4.78 is 5.56. The Morgan fingerprint density at radius 2 is 2.22 bits per heavy atom. The molecule has 120 valence electrons. The molecule has 0 aromatic carbocycles. The highest BCUT2D eigenvalue weighted by Crippen LogP contribution is 2.13. The van der Waals surface area contributed by atoms with Gasteiger partial charge in [-0.3, -0.25) is 9.78 Å². The number of amides is 1. The number of nitrogens with one attached hydrogen (secondary N) is 2. The summed E-state index contributed by atoms with van der Waals surface area (Å²) in [5, 5.41) is 6.09. The van der Waals surface area contributed by atoms with Gasteiger partial charge in [-0.15, -0.1) is 0 Å². The molecule has 1 saturated heterocycles. The van der Waals surface area contributed by atoms with Crippen molar-refractivity contribution in [1.82, 2.24) is 15.3 Å². The fourth-order valence-electron chi connectivity index (χ4n) is 2.43. The third-order valence-electron chi connectivity index (χ3n) is 3.71. The molecule has 2 aromatic rings. The first-order valence-corrected chi connectivity index (χ1v) is 7.81. The molecule has 23 heavy (non-hydrogen) atoms. The molecule has 3 rings (SSSR count). The van der Waals surface area contributed by atoms with Gasteiger partial charge in [-0.05, 0) is 37.1 Å². The molecule has 0 saturated carbocycles. The van der Waals surface area contributed by atoms with Crippen molar-refractivity contribution in [2.45, 2.75) is 25.5 Å². The number of ether oxygens (including phenoxy) is 1. The molecule has 1 atom stereocenters. The van der Waals surface area contributed by atoms with Gasteiger partial charge >= 0.3 is 0 Å². The van der Waals surface area contributed by atoms with E-state index in [4.69, 9.17) is 4.74 Å². The van der Waals surface area contributed by atoms with Crippen molar-refractivity contribution < 1.29 is 9.53 Å². The van der Waals surface area contributed by atoms with E-state index in [9.17, 15) is 4.79 Å². The van der Waals surface area contributed by atoms with Crippen LogP contribution in [0.4, 0.5) is 5.69 Å². The molecule has 3 heterocycles. The van der Waals surface area contributed by atoms with Crippen molar-refractivity contribution in [1.29, 1.82) is 0 Å². The molecule has 6 heteroatoms. The van der Waals surface area contributed by atoms with E-state index in [-0.39, 0.29) is 12.0 Å². The number of carbonyl (C=O) groups excluding carboxylic acids is 1. The van der Waals surface area contributed by atoms with Gasteiger partial charge in [0.2, 0.25) is 0 Å². The maximum atomic E-state index is 12.1. The molecule has 1 aliphatic rings. The summed E-state index contributed by atoms with van der Waals surface area (Å²) in [5.74, 6) is -0.207. The largest absolute Gasteiger partial charge is 0.381 e. The van der Waals surface area contributed by atoms with Gasteiger partial charge in [0.25, 0.3) is 5.91 Å². The first-order chi connectivity index (χ1) is 11.3. The number of nitrogens with zero attached hydrogens (tertiary/aromatic N) is 2. The SMILES string of the molecule is O=C(NCc1ccccn1)c1ccc(NCC2CCCO2)cn1. The van der Waals surface area contributed by atoms with E-state index >= 15 is 0 Å². The Bertz CT molecular complexity index is 625. The van der Waals surface area contributed by atoms with E-state index in [1.54, 1.807) is 18.5 Å². The third kappa shape index (κ3) is 4.50. The lowest BCUT2D eigenvalue weighted by Crippen LogP contribution is -2.24. The lowest BCUT2D eigenvalue weighted by atomic mass is 10.2. The number of carbonyl (C=O) groups is 1. The molecule has 0 aliphatic carbocycles. The highest BCUT2D eigenvalue weighted by atomic mass is 16.5. The summed E-state index contributed by atoms with van der Waals surface area (Å²) >= 11 is 0. The number of pyridine rings is 2. The second-order valence-corrected chi connectivity index (χ2v) is 5.45. The molecule has 2 N–H and O–H groups in total. The molecular formula is C17H20N4O2. The number of rotatable bonds is 6. The van der Waals surface area contributed by atoms with Crippen LogP contribution in [0.3, 0.4) is 0 Å². The Morgan fingerprint density at radius 1 is 1.26 bits per heavy atom. The minimum absolute atomic E-state index is 0.207. The molecule has 2 aromatic heterocycles. The minimum Gasteiger partial charge on any atom is -0.381 e. The number of aromatic nitrogens is 2. The van der Waals surface area contributed by atoms with Gasteiger partial charge < -0.3 is 15.4 Å². The van der Waals surface area contributed by atoms with E-state index in [0.717, 1.165) is 37.4 Å². The van der Waals surface area contributed by atoms with Crippen LogP contribution in [0.1, 0.15) is 29.0 Å². The zero-order valence-electron chi connectivity index (χ0n) is 12.9. The molecular weight excluding hydrogens is 292 g/mol. The standard InChI is InChI=1S/C17H20N4O2/c22-17(21-11-13-4-1-2-8-18-13)16-7-6-14(10-20-16)19-12-15-5-3-9-23-15/h1-2,4,6-8,10,15,19H,3,5,9,11-12H2,(H,21,22). The maximum absolute atomic E-state index is 12.1. The summed E-state index contributed by atoms with van der Waals surface area (Å²) in [5.41, 5.74) is 2.10. The lowest BCUT2D eigenvalue weighted by molar-refractivity contribution is 0.0945. The predicted octanol–water partition coefficient (Wildman–Crippen LogP) is 2.00. The molecule has 0 radical (unpaired) electrons. The van der Waals surface area contributed by atoms with Crippen LogP contribution < -0.4 is 10.6 Å². The lowest BCUT2D eigenvalue weighted by Gasteiger charge is -2.11. The van der Waals surface area contributed by atoms with Crippen molar-refractivity contribution in [2.24, 2.45) is 0 Å². The van der Waals surface area contributed by atoms with E-state index in [1.807, 2.05) is 24.3 Å². The summed E-state index contributed by atoms with van der Waals surface area (Å²) in [6.45, 7) is 2.01. The predicted molar refractivity (Wildman–Crippen MR) is 87.1 cm³/mol. The van der Waals surface area contributed by atoms with Gasteiger partial charge in [0.05, 0.1) is 30.2 Å². The smallest absolute Gasteiger partial charge is 0.270 e. The summed E-state index contributed by atoms with van der Waals surface area (Å²) in [6, 6.07) is 9.17. The van der Waals surface area contributed by atoms with Crippen molar-refractivity contribution in [3.05, 3.63) is 54.1 Å². The fraction of sp³-hybridized carbons (Fsp3) is 0.353. The normalized spacial score (nSPS) is 17.0. The first kappa shape index (κ1) is 15.4. The van der Waals surface area contributed by atoms with Crippen LogP contribution in [-0.4, -0.2) is 35.1 Å². The maximum Gasteiger partial charge on any atom is 0.270 e. The van der Waals surface area contributed by atoms with Crippen molar-refractivity contribution >= 4 is 11.6 Å². The zero-order chi connectivity index (χ0) is 15.9. The van der Waals surface area contributed by atoms with Crippen LogP contribution in [0.15, 0.2) is 42.7 Å². The van der Waals surface area contributed by atoms with Crippen molar-refractivity contribution in [3.8, 4) is 0 Å². The van der Waals surface area contributed by atoms with Crippen LogP contribution in [0.25, 0.3) is 0 Å². The van der Waals surface area contributed by atoms with Crippen molar-refractivity contribution in [2.75, 3.05) is 18.5 Å². The Labute approximate surface area is 135 Å². The Hall–Kier alpha value is -2.47. The second kappa shape index (κ2) is 7.69. The highest BCUT2D eigenvalue weighted by molar-refractivity contribution is 5.92. The molecule has 1 unspecified atom stereocenters. The monoisotopic (exact) mass is 312 g/mol. The molecule has 6 nitrogen and oxygen atoms in total. The van der Waals surface area contributed by atoms with E-state index in [1.165, 1.54) is 0 Å². The van der Waals surface area contributed by atoms with Gasteiger partial charge in [0.15, 0.2) is 0 Å². The highest BCUT2D eigenvalue weighted by Gasteiger charge is 2.15. The Morgan fingerprint density at radius 3 is 2.91 bits per heavy atom. The van der Waals surface area contributed by atoms with Crippen LogP contribution in [-0.2, 0) is 11.3 Å². The van der Waals surface area contributed by atoms with Crippen LogP contribution >= 0.6 is 0 Å². The topological polar surface area (TPSA) is 76.1 Å². The minimum atomic E-state index is -0.207. The molecule has 1 fully saturated rings. The van der Waals surface area contributed by atoms with E-state index < -0.39 is 0 Å². The average Bonchev–Trinajstić information content (AvgIpc) is 3.13. The number of hydrogen-bond acceptors (Lipinski definition) is 5. The van der Waals surface area contributed by atoms with Gasteiger partial charge in [-0.1, -0.05) is 6.07 Å². The first-order valence-electron chi connectivity index (χ1n) is 7.81. The Balaban J connectivity index is 1.48. The van der Waals surface area contributed by atoms with Crippen LogP contribution in [0, 0.1) is 0 Å². The van der Waals surface area contributed by atoms with Gasteiger partial charge in [0.1, 0.15) is 5.69 Å². The van der Waals surface area contributed by atoms with E-state index in [2.05, 4.69) is 20.6 Å². The van der Waals surface area contributed by atoms with Gasteiger partial charge in [-0.25, -0.2) is 4.98 Å². The second-order valence-electron chi connectivity index (χ2n) is 5.45. The summed E-state index contributed by atoms with van der Waals surface area (Å²) in [7, 11) is 0. The van der Waals surface area contributed by atoms with Gasteiger partial charge in [-0.2, -0.15) is 0 Å². The molecule has 0 bridgehead atoms.